The fraction of sp³-hybridized carbons (Fsp3) is 0.585. The molecule has 1 aliphatic carbocycles. The zero-order valence-electron chi connectivity index (χ0n) is 34.1. The number of nitrogens with zero attached hydrogens (tertiary/aromatic N) is 2. The molecule has 5 amide bonds. The molecule has 18 heteroatoms. The van der Waals surface area contributed by atoms with Gasteiger partial charge in [-0.1, -0.05) is 56.4 Å². The van der Waals surface area contributed by atoms with Gasteiger partial charge in [0.15, 0.2) is 11.5 Å². The Labute approximate surface area is 343 Å². The number of ether oxygens (including phenoxy) is 4. The lowest BCUT2D eigenvalue weighted by molar-refractivity contribution is -0.141. The molecule has 59 heavy (non-hydrogen) atoms. The number of carbonyl (C=O) groups excluding carboxylic acids is 5. The molecule has 0 radical (unpaired) electrons. The van der Waals surface area contributed by atoms with Crippen molar-refractivity contribution in [3.63, 3.8) is 0 Å². The number of rotatable bonds is 8. The summed E-state index contributed by atoms with van der Waals surface area (Å²) >= 11 is 0. The molecule has 0 unspecified atom stereocenters. The van der Waals surface area contributed by atoms with E-state index in [0.717, 1.165) is 19.3 Å². The van der Waals surface area contributed by atoms with Crippen molar-refractivity contribution in [2.24, 2.45) is 5.92 Å². The van der Waals surface area contributed by atoms with Crippen LogP contribution in [0, 0.1) is 11.7 Å². The number of sulfonamides is 1. The number of alkyl carbamates (subject to hydrolysis) is 1. The van der Waals surface area contributed by atoms with Crippen LogP contribution in [0.25, 0.3) is 0 Å². The van der Waals surface area contributed by atoms with Crippen LogP contribution in [0.3, 0.4) is 0 Å². The Hall–Kier alpha value is -5.13. The largest absolute Gasteiger partial charge is 0.493 e. The fourth-order valence-electron chi connectivity index (χ4n) is 8.29. The zero-order chi connectivity index (χ0) is 42.7. The maximum Gasteiger partial charge on any atom is 0.410 e. The predicted octanol–water partition coefficient (Wildman–Crippen LogP) is 4.42. The zero-order valence-corrected chi connectivity index (χ0v) is 35.0. The standard InChI is InChI=1S/C41H54FN5O11S/c1-40(2,3)58-38(51)43-31-17-10-8-6-7-9-15-27-20-41(27,37(50)45-59(53,54)24-26-14-12-18-33(55-4)34(26)56-5)44-35(48)32-19-28(22-47(32)36(31)49)57-39(52)46-21-25-13-11-16-30(42)29(25)23-46/h11-14,16,18,27-28,31-32H,6-10,15,17,19-24H2,1-5H3,(H,43,51)(H,44,48)(H,45,50)/t27-,28+,31-,32-,41+/m0/s1. The molecule has 3 fully saturated rings. The van der Waals surface area contributed by atoms with E-state index in [-0.39, 0.29) is 50.2 Å². The summed E-state index contributed by atoms with van der Waals surface area (Å²) in [6, 6.07) is 6.96. The highest BCUT2D eigenvalue weighted by Crippen LogP contribution is 2.48. The first-order chi connectivity index (χ1) is 27.9. The molecular weight excluding hydrogens is 790 g/mol. The minimum atomic E-state index is -4.34. The van der Waals surface area contributed by atoms with Crippen molar-refractivity contribution >= 4 is 39.9 Å². The molecule has 2 aromatic rings. The highest BCUT2D eigenvalue weighted by molar-refractivity contribution is 7.89. The smallest absolute Gasteiger partial charge is 0.410 e. The molecule has 6 rings (SSSR count). The molecule has 322 valence electrons. The van der Waals surface area contributed by atoms with Gasteiger partial charge in [-0.15, -0.1) is 0 Å². The number of para-hydroxylation sites is 1. The summed E-state index contributed by atoms with van der Waals surface area (Å²) in [6.07, 6.45) is 1.83. The minimum Gasteiger partial charge on any atom is -0.493 e. The maximum atomic E-state index is 14.5. The number of nitrogens with one attached hydrogen (secondary N) is 3. The van der Waals surface area contributed by atoms with Gasteiger partial charge in [0.05, 0.1) is 33.1 Å². The van der Waals surface area contributed by atoms with Gasteiger partial charge in [-0.05, 0) is 63.6 Å². The van der Waals surface area contributed by atoms with Crippen molar-refractivity contribution < 1.29 is 55.7 Å². The van der Waals surface area contributed by atoms with E-state index in [0.29, 0.717) is 36.1 Å². The van der Waals surface area contributed by atoms with Crippen LogP contribution in [0.4, 0.5) is 14.0 Å². The molecule has 1 saturated carbocycles. The summed E-state index contributed by atoms with van der Waals surface area (Å²) in [4.78, 5) is 72.0. The molecule has 2 aromatic carbocycles. The van der Waals surface area contributed by atoms with Crippen molar-refractivity contribution in [2.75, 3.05) is 20.8 Å². The summed E-state index contributed by atoms with van der Waals surface area (Å²) in [5.41, 5.74) is -1.20. The molecule has 2 saturated heterocycles. The molecule has 0 bridgehead atoms. The lowest BCUT2D eigenvalue weighted by atomic mass is 10.0. The van der Waals surface area contributed by atoms with Crippen LogP contribution < -0.4 is 24.8 Å². The average Bonchev–Trinajstić information content (AvgIpc) is 3.45. The molecule has 3 heterocycles. The Morgan fingerprint density at radius 1 is 0.966 bits per heavy atom. The van der Waals surface area contributed by atoms with Gasteiger partial charge >= 0.3 is 12.2 Å². The molecule has 3 aliphatic heterocycles. The Kier molecular flexibility index (Phi) is 13.0. The van der Waals surface area contributed by atoms with Crippen molar-refractivity contribution in [1.82, 2.24) is 25.2 Å². The summed E-state index contributed by atoms with van der Waals surface area (Å²) in [5, 5.41) is 5.51. The van der Waals surface area contributed by atoms with Crippen LogP contribution in [0.15, 0.2) is 36.4 Å². The third-order valence-electron chi connectivity index (χ3n) is 11.3. The monoisotopic (exact) mass is 843 g/mol. The Morgan fingerprint density at radius 2 is 1.68 bits per heavy atom. The number of halogens is 1. The number of fused-ring (bicyclic) bond motifs is 3. The van der Waals surface area contributed by atoms with E-state index in [4.69, 9.17) is 18.9 Å². The van der Waals surface area contributed by atoms with Gasteiger partial charge in [0.2, 0.25) is 21.8 Å². The first kappa shape index (κ1) is 43.4. The van der Waals surface area contributed by atoms with Crippen molar-refractivity contribution in [1.29, 1.82) is 0 Å². The van der Waals surface area contributed by atoms with Crippen molar-refractivity contribution in [3.05, 3.63) is 58.9 Å². The first-order valence-electron chi connectivity index (χ1n) is 20.0. The second-order valence-corrected chi connectivity index (χ2v) is 18.5. The van der Waals surface area contributed by atoms with Gasteiger partial charge in [0.25, 0.3) is 5.91 Å². The predicted molar refractivity (Wildman–Crippen MR) is 211 cm³/mol. The van der Waals surface area contributed by atoms with Gasteiger partial charge in [-0.25, -0.2) is 22.4 Å². The van der Waals surface area contributed by atoms with Gasteiger partial charge in [-0.3, -0.25) is 24.0 Å². The molecule has 0 spiro atoms. The summed E-state index contributed by atoms with van der Waals surface area (Å²) in [7, 11) is -1.55. The molecule has 4 aliphatic rings. The molecule has 3 N–H and O–H groups in total. The Balaban J connectivity index is 1.25. The van der Waals surface area contributed by atoms with Gasteiger partial charge in [-0.2, -0.15) is 0 Å². The normalized spacial score (nSPS) is 24.9. The number of benzene rings is 2. The lowest BCUT2D eigenvalue weighted by Crippen LogP contribution is -2.58. The number of amides is 5. The van der Waals surface area contributed by atoms with E-state index in [1.54, 1.807) is 45.0 Å². The first-order valence-corrected chi connectivity index (χ1v) is 21.7. The quantitative estimate of drug-likeness (QED) is 0.340. The van der Waals surface area contributed by atoms with E-state index in [2.05, 4.69) is 15.4 Å². The van der Waals surface area contributed by atoms with Crippen LogP contribution in [-0.4, -0.2) is 98.2 Å². The van der Waals surface area contributed by atoms with E-state index in [9.17, 15) is 36.8 Å². The van der Waals surface area contributed by atoms with Crippen LogP contribution in [0.2, 0.25) is 0 Å². The molecular formula is C41H54FN5O11S. The van der Waals surface area contributed by atoms with Gasteiger partial charge in [0, 0.05) is 24.1 Å². The summed E-state index contributed by atoms with van der Waals surface area (Å²) < 4.78 is 65.8. The highest BCUT2D eigenvalue weighted by atomic mass is 32.2. The van der Waals surface area contributed by atoms with E-state index in [1.165, 1.54) is 36.2 Å². The fourth-order valence-corrected chi connectivity index (χ4v) is 9.46. The van der Waals surface area contributed by atoms with Crippen LogP contribution >= 0.6 is 0 Å². The van der Waals surface area contributed by atoms with Crippen LogP contribution in [0.1, 0.15) is 95.2 Å². The van der Waals surface area contributed by atoms with E-state index >= 15 is 0 Å². The van der Waals surface area contributed by atoms with E-state index < -0.39 is 86.7 Å². The summed E-state index contributed by atoms with van der Waals surface area (Å²) in [5.74, 6) is -3.22. The second kappa shape index (κ2) is 17.6. The van der Waals surface area contributed by atoms with Gasteiger partial charge in [0.1, 0.15) is 35.1 Å². The van der Waals surface area contributed by atoms with Gasteiger partial charge < -0.3 is 34.5 Å². The molecule has 0 aromatic heterocycles. The Morgan fingerprint density at radius 3 is 2.37 bits per heavy atom. The van der Waals surface area contributed by atoms with E-state index in [1.807, 2.05) is 0 Å². The van der Waals surface area contributed by atoms with Crippen molar-refractivity contribution in [3.8, 4) is 11.5 Å². The summed E-state index contributed by atoms with van der Waals surface area (Å²) in [6.45, 7) is 4.94. The van der Waals surface area contributed by atoms with Crippen LogP contribution in [-0.2, 0) is 52.7 Å². The number of methoxy groups -OCH3 is 2. The molecule has 16 nitrogen and oxygen atoms in total. The topological polar surface area (TPSA) is 199 Å². The lowest BCUT2D eigenvalue weighted by Gasteiger charge is -2.30. The number of hydrogen-bond donors (Lipinski definition) is 3. The number of carbonyl (C=O) groups is 5. The third-order valence-corrected chi connectivity index (χ3v) is 12.5. The average molecular weight is 844 g/mol. The second-order valence-electron chi connectivity index (χ2n) is 16.7. The third kappa shape index (κ3) is 10.2. The minimum absolute atomic E-state index is 0.0193. The highest BCUT2D eigenvalue weighted by Gasteiger charge is 2.62. The number of hydrogen-bond acceptors (Lipinski definition) is 11. The SMILES string of the molecule is COc1cccc(CS(=O)(=O)NC(=O)[C@@]23C[C@@H]2CCCCCCC[C@H](NC(=O)OC(C)(C)C)C(=O)N2C[C@H](OC(=O)N4Cc5cccc(F)c5C4)C[C@H]2C(=O)N3)c1OC. The van der Waals surface area contributed by atoms with Crippen molar-refractivity contribution in [2.45, 2.75) is 127 Å². The van der Waals surface area contributed by atoms with Crippen LogP contribution in [0.5, 0.6) is 11.5 Å². The molecule has 5 atom stereocenters. The Bertz CT molecular complexity index is 2060. The maximum absolute atomic E-state index is 14.5.